The van der Waals surface area contributed by atoms with E-state index >= 15 is 0 Å². The van der Waals surface area contributed by atoms with Crippen LogP contribution in [0.2, 0.25) is 0 Å². The first-order valence-electron chi connectivity index (χ1n) is 34.9. The van der Waals surface area contributed by atoms with E-state index in [1.54, 1.807) is 6.08 Å². The van der Waals surface area contributed by atoms with Gasteiger partial charge in [0, 0.05) is 6.42 Å². The highest BCUT2D eigenvalue weighted by Crippen LogP contribution is 2.33. The van der Waals surface area contributed by atoms with Crippen LogP contribution < -0.4 is 5.32 Å². The minimum atomic E-state index is -1.98. The predicted octanol–water partition coefficient (Wildman–Crippen LogP) is 9.00. The quantitative estimate of drug-likeness (QED) is 0.0200. The minimum Gasteiger partial charge on any atom is -0.394 e. The Hall–Kier alpha value is -2.25. The maximum atomic E-state index is 13.3. The molecule has 88 heavy (non-hydrogen) atoms. The molecule has 0 aromatic heterocycles. The van der Waals surface area contributed by atoms with E-state index in [9.17, 15) is 61.0 Å². The van der Waals surface area contributed by atoms with Crippen molar-refractivity contribution in [3.8, 4) is 0 Å². The van der Waals surface area contributed by atoms with Gasteiger partial charge in [0.15, 0.2) is 18.9 Å². The Labute approximate surface area is 529 Å². The van der Waals surface area contributed by atoms with E-state index in [1.807, 2.05) is 6.08 Å². The molecule has 0 spiro atoms. The van der Waals surface area contributed by atoms with Gasteiger partial charge in [-0.25, -0.2) is 0 Å². The van der Waals surface area contributed by atoms with Crippen molar-refractivity contribution in [3.05, 3.63) is 48.6 Å². The molecule has 3 fully saturated rings. The highest BCUT2D eigenvalue weighted by molar-refractivity contribution is 5.76. The molecule has 3 rings (SSSR count). The van der Waals surface area contributed by atoms with E-state index in [0.717, 1.165) is 64.2 Å². The maximum absolute atomic E-state index is 13.3. The first-order valence-corrected chi connectivity index (χ1v) is 34.9. The monoisotopic (exact) mass is 1260 g/mol. The summed E-state index contributed by atoms with van der Waals surface area (Å²) in [6.45, 7) is 1.70. The molecule has 1 amide bonds. The van der Waals surface area contributed by atoms with Crippen molar-refractivity contribution < 1.29 is 89.4 Å². The first kappa shape index (κ1) is 80.0. The van der Waals surface area contributed by atoms with Crippen molar-refractivity contribution in [2.45, 2.75) is 356 Å². The van der Waals surface area contributed by atoms with E-state index < -0.39 is 124 Å². The number of allylic oxidation sites excluding steroid dienone is 7. The fraction of sp³-hybridized carbons (Fsp3) is 0.870. The fourth-order valence-corrected chi connectivity index (χ4v) is 11.6. The van der Waals surface area contributed by atoms with Crippen molar-refractivity contribution in [1.29, 1.82) is 0 Å². The van der Waals surface area contributed by atoms with E-state index in [1.165, 1.54) is 154 Å². The highest BCUT2D eigenvalue weighted by Gasteiger charge is 2.53. The molecule has 3 saturated heterocycles. The van der Waals surface area contributed by atoms with Crippen LogP contribution in [0.1, 0.15) is 251 Å². The third kappa shape index (κ3) is 33.0. The molecular formula is C69H125NO18. The van der Waals surface area contributed by atoms with Crippen LogP contribution in [0, 0.1) is 0 Å². The lowest BCUT2D eigenvalue weighted by molar-refractivity contribution is -0.379. The summed E-state index contributed by atoms with van der Waals surface area (Å²) in [5.41, 5.74) is 0. The van der Waals surface area contributed by atoms with Crippen LogP contribution in [0.3, 0.4) is 0 Å². The number of hydrogen-bond donors (Lipinski definition) is 12. The number of rotatable bonds is 53. The molecule has 12 N–H and O–H groups in total. The van der Waals surface area contributed by atoms with Gasteiger partial charge in [0.1, 0.15) is 73.2 Å². The van der Waals surface area contributed by atoms with Crippen molar-refractivity contribution in [1.82, 2.24) is 5.32 Å². The first-order chi connectivity index (χ1) is 42.8. The second-order valence-corrected chi connectivity index (χ2v) is 25.0. The summed E-state index contributed by atoms with van der Waals surface area (Å²) in [4.78, 5) is 13.3. The normalized spacial score (nSPS) is 28.7. The number of aliphatic hydroxyl groups is 11. The Balaban J connectivity index is 1.43. The van der Waals surface area contributed by atoms with Crippen molar-refractivity contribution >= 4 is 5.91 Å². The Morgan fingerprint density at radius 1 is 0.398 bits per heavy atom. The third-order valence-electron chi connectivity index (χ3n) is 17.3. The summed E-state index contributed by atoms with van der Waals surface area (Å²) < 4.78 is 34.3. The van der Waals surface area contributed by atoms with Gasteiger partial charge in [0.25, 0.3) is 0 Å². The highest BCUT2D eigenvalue weighted by atomic mass is 16.8. The van der Waals surface area contributed by atoms with E-state index in [0.29, 0.717) is 12.8 Å². The lowest BCUT2D eigenvalue weighted by Crippen LogP contribution is -2.66. The number of unbranched alkanes of at least 4 members (excludes halogenated alkanes) is 31. The Bertz CT molecular complexity index is 1790. The van der Waals surface area contributed by atoms with Gasteiger partial charge in [-0.05, 0) is 70.6 Å². The Morgan fingerprint density at radius 3 is 1.14 bits per heavy atom. The number of hydrogen-bond acceptors (Lipinski definition) is 18. The average Bonchev–Trinajstić information content (AvgIpc) is 2.85. The number of amides is 1. The molecular weight excluding hydrogens is 1130 g/mol. The smallest absolute Gasteiger partial charge is 0.220 e. The summed E-state index contributed by atoms with van der Waals surface area (Å²) in [6, 6.07) is -1.00. The standard InChI is InChI=1S/C69H125NO18/c1-3-5-7-9-11-13-15-17-19-20-21-22-23-24-25-26-27-28-29-30-31-32-33-34-36-38-40-42-44-46-53(74)52(70-57(75)47-45-43-41-39-37-35-18-16-14-12-10-8-6-4-2)51-83-67-63(81)60(78)65(55(49-72)85-67)88-69-64(82)61(79)66(56(50-73)86-69)87-68-62(80)59(77)58(76)54(48-71)84-68/h16,18,31-32,36,38,44,46,52-56,58-69,71-74,76-82H,3-15,17,19-30,33-35,37,39-43,45,47-51H2,1-2H3,(H,70,75)/b18-16-,32-31+,38-36+,46-44+. The minimum absolute atomic E-state index is 0.221. The van der Waals surface area contributed by atoms with Gasteiger partial charge in [-0.3, -0.25) is 4.79 Å². The second kappa shape index (κ2) is 51.2. The molecule has 17 atom stereocenters. The van der Waals surface area contributed by atoms with Gasteiger partial charge in [0.05, 0.1) is 38.6 Å². The Kier molecular flexibility index (Phi) is 46.5. The lowest BCUT2D eigenvalue weighted by Gasteiger charge is -2.48. The fourth-order valence-electron chi connectivity index (χ4n) is 11.6. The second-order valence-electron chi connectivity index (χ2n) is 25.0. The molecule has 17 unspecified atom stereocenters. The summed E-state index contributed by atoms with van der Waals surface area (Å²) in [7, 11) is 0. The largest absolute Gasteiger partial charge is 0.394 e. The van der Waals surface area contributed by atoms with E-state index in [4.69, 9.17) is 28.4 Å². The zero-order chi connectivity index (χ0) is 64.0. The molecule has 514 valence electrons. The summed E-state index contributed by atoms with van der Waals surface area (Å²) in [5.74, 6) is -0.299. The molecule has 19 nitrogen and oxygen atoms in total. The molecule has 3 aliphatic heterocycles. The molecule has 3 aliphatic rings. The topological polar surface area (TPSA) is 307 Å². The van der Waals surface area contributed by atoms with Crippen molar-refractivity contribution in [2.75, 3.05) is 26.4 Å². The number of nitrogens with one attached hydrogen (secondary N) is 1. The maximum Gasteiger partial charge on any atom is 0.220 e. The molecule has 0 bridgehead atoms. The van der Waals surface area contributed by atoms with Crippen LogP contribution in [0.4, 0.5) is 0 Å². The van der Waals surface area contributed by atoms with Gasteiger partial charge in [-0.15, -0.1) is 0 Å². The van der Waals surface area contributed by atoms with E-state index in [-0.39, 0.29) is 18.9 Å². The molecule has 0 aromatic carbocycles. The zero-order valence-electron chi connectivity index (χ0n) is 54.2. The van der Waals surface area contributed by atoms with Crippen molar-refractivity contribution in [2.24, 2.45) is 0 Å². The lowest BCUT2D eigenvalue weighted by atomic mass is 9.96. The van der Waals surface area contributed by atoms with Gasteiger partial charge in [0.2, 0.25) is 5.91 Å². The molecule has 19 heteroatoms. The number of carbonyl (C=O) groups is 1. The predicted molar refractivity (Wildman–Crippen MR) is 342 cm³/mol. The van der Waals surface area contributed by atoms with Gasteiger partial charge in [-0.2, -0.15) is 0 Å². The number of aliphatic hydroxyl groups excluding tert-OH is 11. The van der Waals surface area contributed by atoms with Gasteiger partial charge in [-0.1, -0.05) is 223 Å². The molecule has 3 heterocycles. The third-order valence-corrected chi connectivity index (χ3v) is 17.3. The molecule has 0 radical (unpaired) electrons. The summed E-state index contributed by atoms with van der Waals surface area (Å²) >= 11 is 0. The molecule has 0 saturated carbocycles. The van der Waals surface area contributed by atoms with Crippen LogP contribution >= 0.6 is 0 Å². The average molecular weight is 1260 g/mol. The summed E-state index contributed by atoms with van der Waals surface area (Å²) in [6.07, 6.45) is 34.0. The van der Waals surface area contributed by atoms with E-state index in [2.05, 4.69) is 55.6 Å². The van der Waals surface area contributed by atoms with Crippen LogP contribution in [-0.2, 0) is 33.2 Å². The van der Waals surface area contributed by atoms with Crippen LogP contribution in [-0.4, -0.2) is 193 Å². The number of carbonyl (C=O) groups excluding carboxylic acids is 1. The summed E-state index contributed by atoms with van der Waals surface area (Å²) in [5, 5.41) is 120. The number of ether oxygens (including phenoxy) is 6. The van der Waals surface area contributed by atoms with Crippen LogP contribution in [0.15, 0.2) is 48.6 Å². The zero-order valence-corrected chi connectivity index (χ0v) is 54.2. The van der Waals surface area contributed by atoms with Crippen molar-refractivity contribution in [3.63, 3.8) is 0 Å². The SMILES string of the molecule is CCCCCCC/C=C\CCCCCCCC(=O)NC(COC1OC(CO)C(OC2OC(CO)C(OC3OC(CO)C(O)C(O)C3O)C(O)C2O)C(O)C1O)C(O)/C=C/CC/C=C/CC/C=C/CCCCCCCCCCCCCCCCCCCCC. The molecule has 0 aliphatic carbocycles. The van der Waals surface area contributed by atoms with Gasteiger partial charge < -0.3 is 89.9 Å². The van der Waals surface area contributed by atoms with Crippen LogP contribution in [0.25, 0.3) is 0 Å². The Morgan fingerprint density at radius 2 is 0.727 bits per heavy atom. The molecule has 0 aromatic rings. The van der Waals surface area contributed by atoms with Crippen LogP contribution in [0.5, 0.6) is 0 Å². The van der Waals surface area contributed by atoms with Gasteiger partial charge >= 0.3 is 0 Å².